The lowest BCUT2D eigenvalue weighted by atomic mass is 9.48. The number of ether oxygens (including phenoxy) is 1. The molecule has 120 valence electrons. The van der Waals surface area contributed by atoms with Crippen LogP contribution < -0.4 is 0 Å². The van der Waals surface area contributed by atoms with Crippen molar-refractivity contribution in [3.8, 4) is 0 Å². The summed E-state index contributed by atoms with van der Waals surface area (Å²) in [5.74, 6) is 3.24. The second kappa shape index (κ2) is 4.99. The van der Waals surface area contributed by atoms with E-state index < -0.39 is 0 Å². The Morgan fingerprint density at radius 1 is 1.00 bits per heavy atom. The lowest BCUT2D eigenvalue weighted by molar-refractivity contribution is -0.158. The highest BCUT2D eigenvalue weighted by atomic mass is 16.5. The Kier molecular flexibility index (Phi) is 3.65. The van der Waals surface area contributed by atoms with Crippen LogP contribution in [0.5, 0.6) is 0 Å². The molecule has 3 aliphatic carbocycles. The first-order valence-corrected chi connectivity index (χ1v) is 8.94. The third-order valence-electron chi connectivity index (χ3n) is 7.82. The molecule has 0 aromatic carbocycles. The number of hydrogen-bond acceptors (Lipinski definition) is 2. The first-order valence-electron chi connectivity index (χ1n) is 8.94. The molecule has 2 heteroatoms. The Morgan fingerprint density at radius 3 is 2.38 bits per heavy atom. The van der Waals surface area contributed by atoms with Gasteiger partial charge in [0.2, 0.25) is 0 Å². The predicted molar refractivity (Wildman–Crippen MR) is 84.8 cm³/mol. The molecule has 0 saturated heterocycles. The van der Waals surface area contributed by atoms with Crippen LogP contribution in [0.1, 0.15) is 73.1 Å². The maximum atomic E-state index is 11.4. The Balaban J connectivity index is 1.84. The Bertz CT molecular complexity index is 427. The fraction of sp³-hybridized carbons (Fsp3) is 0.947. The highest BCUT2D eigenvalue weighted by Crippen LogP contribution is 2.64. The molecule has 0 heterocycles. The van der Waals surface area contributed by atoms with Crippen molar-refractivity contribution in [1.82, 2.24) is 0 Å². The molecule has 0 bridgehead atoms. The lowest BCUT2D eigenvalue weighted by Gasteiger charge is -2.57. The van der Waals surface area contributed by atoms with Crippen LogP contribution in [0.3, 0.4) is 0 Å². The monoisotopic (exact) mass is 292 g/mol. The standard InChI is InChI=1S/C19H32O2/c1-12-6-7-14-15(18(12,3)4)10-11-19(5)16(14)8-9-17(19)21-13(2)20/h12,14-17H,6-11H2,1-5H3/t12-,14-,15+,16+,17+,19+/m1/s1. The van der Waals surface area contributed by atoms with E-state index in [1.165, 1.54) is 32.1 Å². The zero-order valence-electron chi connectivity index (χ0n) is 14.4. The van der Waals surface area contributed by atoms with Gasteiger partial charge in [0.15, 0.2) is 0 Å². The molecule has 2 nitrogen and oxygen atoms in total. The van der Waals surface area contributed by atoms with Crippen molar-refractivity contribution < 1.29 is 9.53 Å². The van der Waals surface area contributed by atoms with E-state index in [-0.39, 0.29) is 17.5 Å². The van der Waals surface area contributed by atoms with Gasteiger partial charge in [0.1, 0.15) is 6.10 Å². The normalized spacial score (nSPS) is 48.3. The van der Waals surface area contributed by atoms with E-state index in [1.807, 2.05) is 0 Å². The number of fused-ring (bicyclic) bond motifs is 3. The van der Waals surface area contributed by atoms with Crippen LogP contribution in [0, 0.1) is 34.5 Å². The van der Waals surface area contributed by atoms with Crippen LogP contribution >= 0.6 is 0 Å². The van der Waals surface area contributed by atoms with Gasteiger partial charge in [0.05, 0.1) is 0 Å². The average Bonchev–Trinajstić information content (AvgIpc) is 2.71. The molecular weight excluding hydrogens is 260 g/mol. The molecule has 3 aliphatic rings. The molecule has 0 aromatic heterocycles. The maximum Gasteiger partial charge on any atom is 0.302 e. The number of esters is 1. The molecule has 3 fully saturated rings. The maximum absolute atomic E-state index is 11.4. The Hall–Kier alpha value is -0.530. The van der Waals surface area contributed by atoms with Crippen LogP contribution in [0.25, 0.3) is 0 Å². The summed E-state index contributed by atoms with van der Waals surface area (Å²) in [4.78, 5) is 11.4. The zero-order chi connectivity index (χ0) is 15.4. The fourth-order valence-electron chi connectivity index (χ4n) is 6.14. The fourth-order valence-corrected chi connectivity index (χ4v) is 6.14. The van der Waals surface area contributed by atoms with Gasteiger partial charge in [-0.05, 0) is 67.6 Å². The third-order valence-corrected chi connectivity index (χ3v) is 7.82. The molecule has 0 aliphatic heterocycles. The van der Waals surface area contributed by atoms with Gasteiger partial charge >= 0.3 is 5.97 Å². The van der Waals surface area contributed by atoms with E-state index >= 15 is 0 Å². The summed E-state index contributed by atoms with van der Waals surface area (Å²) in [7, 11) is 0. The SMILES string of the molecule is CC(=O)O[C@H]1CC[C@H]2[C@@H]3CC[C@@H](C)C(C)(C)[C@H]3CC[C@]12C. The van der Waals surface area contributed by atoms with Crippen molar-refractivity contribution in [1.29, 1.82) is 0 Å². The van der Waals surface area contributed by atoms with E-state index in [0.29, 0.717) is 5.41 Å². The first-order chi connectivity index (χ1) is 9.76. The van der Waals surface area contributed by atoms with Gasteiger partial charge in [0, 0.05) is 12.3 Å². The molecule has 21 heavy (non-hydrogen) atoms. The molecule has 0 N–H and O–H groups in total. The van der Waals surface area contributed by atoms with Crippen molar-refractivity contribution in [2.45, 2.75) is 79.2 Å². The second-order valence-electron chi connectivity index (χ2n) is 8.90. The highest BCUT2D eigenvalue weighted by Gasteiger charge is 2.58. The Morgan fingerprint density at radius 2 is 1.71 bits per heavy atom. The van der Waals surface area contributed by atoms with Gasteiger partial charge in [-0.3, -0.25) is 4.79 Å². The van der Waals surface area contributed by atoms with Gasteiger partial charge in [0.25, 0.3) is 0 Å². The lowest BCUT2D eigenvalue weighted by Crippen LogP contribution is -2.51. The molecule has 6 atom stereocenters. The van der Waals surface area contributed by atoms with Crippen molar-refractivity contribution in [3.05, 3.63) is 0 Å². The largest absolute Gasteiger partial charge is 0.462 e. The molecule has 3 saturated carbocycles. The topological polar surface area (TPSA) is 26.3 Å². The number of rotatable bonds is 1. The van der Waals surface area contributed by atoms with Gasteiger partial charge in [-0.1, -0.05) is 27.7 Å². The first kappa shape index (κ1) is 15.4. The summed E-state index contributed by atoms with van der Waals surface area (Å²) < 4.78 is 5.70. The quantitative estimate of drug-likeness (QED) is 0.648. The van der Waals surface area contributed by atoms with Gasteiger partial charge in [-0.2, -0.15) is 0 Å². The molecule has 0 aromatic rings. The third kappa shape index (κ3) is 2.24. The average molecular weight is 292 g/mol. The van der Waals surface area contributed by atoms with E-state index in [2.05, 4.69) is 27.7 Å². The van der Waals surface area contributed by atoms with Crippen molar-refractivity contribution >= 4 is 5.97 Å². The van der Waals surface area contributed by atoms with Crippen molar-refractivity contribution in [2.24, 2.45) is 34.5 Å². The van der Waals surface area contributed by atoms with E-state index in [4.69, 9.17) is 4.74 Å². The Labute approximate surface area is 130 Å². The summed E-state index contributed by atoms with van der Waals surface area (Å²) in [6, 6.07) is 0. The van der Waals surface area contributed by atoms with Crippen molar-refractivity contribution in [3.63, 3.8) is 0 Å². The molecule has 0 spiro atoms. The minimum atomic E-state index is -0.0957. The summed E-state index contributed by atoms with van der Waals surface area (Å²) in [5, 5.41) is 0. The van der Waals surface area contributed by atoms with E-state index in [0.717, 1.165) is 30.1 Å². The van der Waals surface area contributed by atoms with Gasteiger partial charge in [-0.25, -0.2) is 0 Å². The van der Waals surface area contributed by atoms with Gasteiger partial charge in [-0.15, -0.1) is 0 Å². The van der Waals surface area contributed by atoms with Crippen LogP contribution in [-0.2, 0) is 9.53 Å². The minimum Gasteiger partial charge on any atom is -0.462 e. The smallest absolute Gasteiger partial charge is 0.302 e. The summed E-state index contributed by atoms with van der Waals surface area (Å²) >= 11 is 0. The summed E-state index contributed by atoms with van der Waals surface area (Å²) in [5.41, 5.74) is 0.716. The minimum absolute atomic E-state index is 0.0957. The number of carbonyl (C=O) groups excluding carboxylic acids is 1. The van der Waals surface area contributed by atoms with Crippen molar-refractivity contribution in [2.75, 3.05) is 0 Å². The number of hydrogen-bond donors (Lipinski definition) is 0. The highest BCUT2D eigenvalue weighted by molar-refractivity contribution is 5.66. The predicted octanol–water partition coefficient (Wildman–Crippen LogP) is 4.82. The summed E-state index contributed by atoms with van der Waals surface area (Å²) in [6.45, 7) is 11.4. The van der Waals surface area contributed by atoms with Crippen LogP contribution in [0.2, 0.25) is 0 Å². The molecule has 0 amide bonds. The molecule has 0 radical (unpaired) electrons. The van der Waals surface area contributed by atoms with E-state index in [1.54, 1.807) is 6.92 Å². The van der Waals surface area contributed by atoms with Crippen LogP contribution in [0.4, 0.5) is 0 Å². The zero-order valence-corrected chi connectivity index (χ0v) is 14.4. The molecular formula is C19H32O2. The molecule has 3 rings (SSSR count). The summed E-state index contributed by atoms with van der Waals surface area (Å²) in [6.07, 6.45) is 7.85. The number of carbonyl (C=O) groups is 1. The van der Waals surface area contributed by atoms with E-state index in [9.17, 15) is 4.79 Å². The molecule has 0 unspecified atom stereocenters. The van der Waals surface area contributed by atoms with Gasteiger partial charge < -0.3 is 4.74 Å². The second-order valence-corrected chi connectivity index (χ2v) is 8.90. The van der Waals surface area contributed by atoms with Crippen LogP contribution in [-0.4, -0.2) is 12.1 Å². The van der Waals surface area contributed by atoms with Crippen LogP contribution in [0.15, 0.2) is 0 Å².